The van der Waals surface area contributed by atoms with Gasteiger partial charge in [0.25, 0.3) is 0 Å². The number of carbonyl (C=O) groups excluding carboxylic acids is 1. The van der Waals surface area contributed by atoms with Crippen LogP contribution in [0.1, 0.15) is 17.2 Å². The topological polar surface area (TPSA) is 64.3 Å². The van der Waals surface area contributed by atoms with Gasteiger partial charge in [0.15, 0.2) is 0 Å². The van der Waals surface area contributed by atoms with E-state index in [0.717, 1.165) is 21.8 Å². The van der Waals surface area contributed by atoms with E-state index in [4.69, 9.17) is 10.5 Å². The Balaban J connectivity index is 2.12. The molecule has 0 spiro atoms. The molecule has 0 saturated heterocycles. The predicted octanol–water partition coefficient (Wildman–Crippen LogP) is 2.73. The van der Waals surface area contributed by atoms with E-state index in [1.165, 1.54) is 0 Å². The molecule has 116 valence electrons. The lowest BCUT2D eigenvalue weighted by Gasteiger charge is -2.16. The maximum absolute atomic E-state index is 11.7. The number of methoxy groups -OCH3 is 1. The monoisotopic (exact) mass is 316 g/mol. The molecule has 0 aliphatic carbocycles. The molecule has 3 N–H and O–H groups in total. The van der Waals surface area contributed by atoms with Gasteiger partial charge >= 0.3 is 0 Å². The third-order valence-corrected chi connectivity index (χ3v) is 4.15. The van der Waals surface area contributed by atoms with Crippen molar-refractivity contribution in [2.45, 2.75) is 17.5 Å². The smallest absolute Gasteiger partial charge is 0.239 e. The average Bonchev–Trinajstić information content (AvgIpc) is 2.55. The first kappa shape index (κ1) is 16.4. The highest BCUT2D eigenvalue weighted by atomic mass is 32.2. The van der Waals surface area contributed by atoms with Crippen molar-refractivity contribution in [3.05, 3.63) is 59.7 Å². The average molecular weight is 316 g/mol. The lowest BCUT2D eigenvalue weighted by molar-refractivity contribution is -0.120. The molecule has 0 bridgehead atoms. The van der Waals surface area contributed by atoms with Crippen LogP contribution in [0.4, 0.5) is 0 Å². The third kappa shape index (κ3) is 4.02. The minimum atomic E-state index is -0.507. The summed E-state index contributed by atoms with van der Waals surface area (Å²) in [5, 5.41) is 3.20. The first-order chi connectivity index (χ1) is 10.7. The molecular formula is C17H20N2O2S. The Labute approximate surface area is 135 Å². The van der Waals surface area contributed by atoms with Gasteiger partial charge in [-0.05, 0) is 29.5 Å². The van der Waals surface area contributed by atoms with Gasteiger partial charge in [0.2, 0.25) is 5.91 Å². The number of amides is 1. The van der Waals surface area contributed by atoms with E-state index >= 15 is 0 Å². The molecule has 0 radical (unpaired) electrons. The van der Waals surface area contributed by atoms with Crippen molar-refractivity contribution in [3.8, 4) is 5.75 Å². The maximum atomic E-state index is 11.7. The van der Waals surface area contributed by atoms with Gasteiger partial charge in [-0.1, -0.05) is 36.4 Å². The summed E-state index contributed by atoms with van der Waals surface area (Å²) in [6.07, 6.45) is 2.01. The zero-order chi connectivity index (χ0) is 15.9. The molecule has 0 aliphatic heterocycles. The number of nitrogens with two attached hydrogens (primary N) is 1. The van der Waals surface area contributed by atoms with Crippen molar-refractivity contribution < 1.29 is 9.53 Å². The fraction of sp³-hybridized carbons (Fsp3) is 0.235. The molecule has 0 saturated carbocycles. The molecule has 5 heteroatoms. The summed E-state index contributed by atoms with van der Waals surface area (Å²) >= 11 is 1.64. The molecular weight excluding hydrogens is 296 g/mol. The number of rotatable bonds is 7. The van der Waals surface area contributed by atoms with Crippen molar-refractivity contribution in [2.24, 2.45) is 5.73 Å². The van der Waals surface area contributed by atoms with Gasteiger partial charge in [0.1, 0.15) is 11.8 Å². The minimum Gasteiger partial charge on any atom is -0.496 e. The number of benzene rings is 2. The van der Waals surface area contributed by atoms with Crippen LogP contribution in [-0.2, 0) is 11.3 Å². The van der Waals surface area contributed by atoms with Gasteiger partial charge in [-0.3, -0.25) is 10.1 Å². The molecule has 0 aromatic heterocycles. The highest BCUT2D eigenvalue weighted by Crippen LogP contribution is 2.28. The largest absolute Gasteiger partial charge is 0.496 e. The Hall–Kier alpha value is -1.98. The van der Waals surface area contributed by atoms with E-state index in [1.807, 2.05) is 54.8 Å². The lowest BCUT2D eigenvalue weighted by Crippen LogP contribution is -2.33. The second-order valence-corrected chi connectivity index (χ2v) is 5.66. The summed E-state index contributed by atoms with van der Waals surface area (Å²) in [4.78, 5) is 12.8. The SMILES string of the molecule is COc1cc(CN[C@H](C(N)=O)c2ccccc2)ccc1SC. The van der Waals surface area contributed by atoms with Crippen LogP contribution in [0.15, 0.2) is 53.4 Å². The summed E-state index contributed by atoms with van der Waals surface area (Å²) < 4.78 is 5.38. The normalized spacial score (nSPS) is 11.9. The van der Waals surface area contributed by atoms with Crippen molar-refractivity contribution in [1.29, 1.82) is 0 Å². The van der Waals surface area contributed by atoms with E-state index in [-0.39, 0.29) is 5.91 Å². The number of thioether (sulfide) groups is 1. The van der Waals surface area contributed by atoms with Gasteiger partial charge in [0.05, 0.1) is 7.11 Å². The zero-order valence-corrected chi connectivity index (χ0v) is 13.5. The molecule has 2 rings (SSSR count). The maximum Gasteiger partial charge on any atom is 0.239 e. The highest BCUT2D eigenvalue weighted by molar-refractivity contribution is 7.98. The Morgan fingerprint density at radius 3 is 2.59 bits per heavy atom. The van der Waals surface area contributed by atoms with Crippen LogP contribution in [0.5, 0.6) is 5.75 Å². The lowest BCUT2D eigenvalue weighted by atomic mass is 10.1. The van der Waals surface area contributed by atoms with Crippen LogP contribution < -0.4 is 15.8 Å². The van der Waals surface area contributed by atoms with Crippen LogP contribution in [-0.4, -0.2) is 19.3 Å². The molecule has 1 atom stereocenters. The zero-order valence-electron chi connectivity index (χ0n) is 12.7. The summed E-state index contributed by atoms with van der Waals surface area (Å²) in [6.45, 7) is 0.535. The fourth-order valence-electron chi connectivity index (χ4n) is 2.24. The van der Waals surface area contributed by atoms with E-state index in [1.54, 1.807) is 18.9 Å². The number of hydrogen-bond acceptors (Lipinski definition) is 4. The van der Waals surface area contributed by atoms with Gasteiger partial charge in [-0.2, -0.15) is 0 Å². The Morgan fingerprint density at radius 1 is 1.27 bits per heavy atom. The quantitative estimate of drug-likeness (QED) is 0.771. The van der Waals surface area contributed by atoms with E-state index in [0.29, 0.717) is 6.54 Å². The van der Waals surface area contributed by atoms with Gasteiger partial charge < -0.3 is 10.5 Å². The van der Waals surface area contributed by atoms with Gasteiger partial charge in [-0.15, -0.1) is 11.8 Å². The first-order valence-electron chi connectivity index (χ1n) is 6.94. The van der Waals surface area contributed by atoms with Crippen molar-refractivity contribution in [3.63, 3.8) is 0 Å². The van der Waals surface area contributed by atoms with Crippen LogP contribution in [0.2, 0.25) is 0 Å². The molecule has 2 aromatic carbocycles. The van der Waals surface area contributed by atoms with Crippen molar-refractivity contribution in [1.82, 2.24) is 5.32 Å². The molecule has 0 unspecified atom stereocenters. The van der Waals surface area contributed by atoms with E-state index in [2.05, 4.69) is 5.32 Å². The second kappa shape index (κ2) is 7.87. The molecule has 1 amide bonds. The Morgan fingerprint density at radius 2 is 2.00 bits per heavy atom. The first-order valence-corrected chi connectivity index (χ1v) is 8.16. The summed E-state index contributed by atoms with van der Waals surface area (Å²) in [7, 11) is 1.66. The van der Waals surface area contributed by atoms with Crippen LogP contribution in [0.3, 0.4) is 0 Å². The van der Waals surface area contributed by atoms with Crippen LogP contribution >= 0.6 is 11.8 Å². The molecule has 0 heterocycles. The summed E-state index contributed by atoms with van der Waals surface area (Å²) in [5.41, 5.74) is 7.41. The fourth-order valence-corrected chi connectivity index (χ4v) is 2.79. The molecule has 0 fully saturated rings. The van der Waals surface area contributed by atoms with E-state index < -0.39 is 6.04 Å². The van der Waals surface area contributed by atoms with Gasteiger partial charge in [-0.25, -0.2) is 0 Å². The molecule has 2 aromatic rings. The molecule has 0 aliphatic rings. The third-order valence-electron chi connectivity index (χ3n) is 3.38. The van der Waals surface area contributed by atoms with Crippen molar-refractivity contribution in [2.75, 3.05) is 13.4 Å². The summed E-state index contributed by atoms with van der Waals surface area (Å²) in [6, 6.07) is 15.0. The number of hydrogen-bond donors (Lipinski definition) is 2. The van der Waals surface area contributed by atoms with Crippen LogP contribution in [0.25, 0.3) is 0 Å². The number of primary amides is 1. The van der Waals surface area contributed by atoms with E-state index in [9.17, 15) is 4.79 Å². The minimum absolute atomic E-state index is 0.390. The second-order valence-electron chi connectivity index (χ2n) is 4.82. The van der Waals surface area contributed by atoms with Crippen LogP contribution in [0, 0.1) is 0 Å². The van der Waals surface area contributed by atoms with Crippen molar-refractivity contribution >= 4 is 17.7 Å². The predicted molar refractivity (Wildman–Crippen MR) is 90.0 cm³/mol. The Kier molecular flexibility index (Phi) is 5.86. The number of nitrogens with one attached hydrogen (secondary N) is 1. The summed E-state index contributed by atoms with van der Waals surface area (Å²) in [5.74, 6) is 0.445. The highest BCUT2D eigenvalue weighted by Gasteiger charge is 2.16. The number of ether oxygens (including phenoxy) is 1. The molecule has 4 nitrogen and oxygen atoms in total. The van der Waals surface area contributed by atoms with Gasteiger partial charge in [0, 0.05) is 11.4 Å². The number of carbonyl (C=O) groups is 1. The standard InChI is InChI=1S/C17H20N2O2S/c1-21-14-10-12(8-9-15(14)22-2)11-19-16(17(18)20)13-6-4-3-5-7-13/h3-10,16,19H,11H2,1-2H3,(H2,18,20)/t16-/m0/s1. The Bertz CT molecular complexity index is 632. The molecule has 22 heavy (non-hydrogen) atoms.